The maximum Gasteiger partial charge on any atom is 0.263 e. The van der Waals surface area contributed by atoms with Gasteiger partial charge in [-0.3, -0.25) is 14.3 Å². The molecule has 4 aromatic rings. The van der Waals surface area contributed by atoms with Crippen molar-refractivity contribution in [3.05, 3.63) is 81.7 Å². The van der Waals surface area contributed by atoms with E-state index in [1.54, 1.807) is 7.11 Å². The van der Waals surface area contributed by atoms with E-state index in [0.29, 0.717) is 29.1 Å². The van der Waals surface area contributed by atoms with Gasteiger partial charge in [0.15, 0.2) is 0 Å². The summed E-state index contributed by atoms with van der Waals surface area (Å²) in [6.45, 7) is 1.03. The summed E-state index contributed by atoms with van der Waals surface area (Å²) in [6, 6.07) is 19.7. The fourth-order valence-corrected chi connectivity index (χ4v) is 4.63. The van der Waals surface area contributed by atoms with E-state index in [9.17, 15) is 10.1 Å². The molecule has 0 bridgehead atoms. The number of methoxy groups -OCH3 is 1. The highest BCUT2D eigenvalue weighted by Gasteiger charge is 2.18. The minimum absolute atomic E-state index is 0.0380. The molecule has 0 aliphatic rings. The minimum Gasteiger partial charge on any atom is -0.496 e. The van der Waals surface area contributed by atoms with Gasteiger partial charge in [0.05, 0.1) is 25.1 Å². The number of nitriles is 1. The molecule has 2 aromatic carbocycles. The van der Waals surface area contributed by atoms with Crippen LogP contribution < -0.4 is 10.3 Å². The van der Waals surface area contributed by atoms with E-state index in [1.165, 1.54) is 15.9 Å². The molecule has 0 atom stereocenters. The molecule has 0 saturated heterocycles. The standard InChI is InChI=1S/C24H22N4O2S/c1-27(14-18-10-6-7-11-20(18)30-2)15-21-26-23-22(24(29)28(21)13-12-25)19(16-31-23)17-8-4-3-5-9-17/h3-11,16H,13-15H2,1-2H3. The molecule has 0 radical (unpaired) electrons. The summed E-state index contributed by atoms with van der Waals surface area (Å²) in [7, 11) is 3.61. The molecule has 0 N–H and O–H groups in total. The van der Waals surface area contributed by atoms with Crippen LogP contribution in [0, 0.1) is 11.3 Å². The van der Waals surface area contributed by atoms with E-state index in [1.807, 2.05) is 67.0 Å². The zero-order chi connectivity index (χ0) is 21.8. The first-order valence-electron chi connectivity index (χ1n) is 9.86. The Kier molecular flexibility index (Phi) is 6.12. The van der Waals surface area contributed by atoms with Crippen LogP contribution in [-0.4, -0.2) is 28.6 Å². The number of hydrogen-bond donors (Lipinski definition) is 0. The molecule has 156 valence electrons. The Labute approximate surface area is 184 Å². The van der Waals surface area contributed by atoms with Crippen LogP contribution in [0.4, 0.5) is 0 Å². The lowest BCUT2D eigenvalue weighted by Gasteiger charge is -2.19. The highest BCUT2D eigenvalue weighted by Crippen LogP contribution is 2.31. The summed E-state index contributed by atoms with van der Waals surface area (Å²) >= 11 is 1.46. The van der Waals surface area contributed by atoms with Crippen molar-refractivity contribution in [3.8, 4) is 22.9 Å². The van der Waals surface area contributed by atoms with Crippen molar-refractivity contribution in [2.45, 2.75) is 19.6 Å². The summed E-state index contributed by atoms with van der Waals surface area (Å²) in [5.74, 6) is 1.40. The van der Waals surface area contributed by atoms with Crippen molar-refractivity contribution < 1.29 is 4.74 Å². The second kappa shape index (κ2) is 9.13. The molecule has 2 heterocycles. The third-order valence-electron chi connectivity index (χ3n) is 5.13. The molecule has 2 aromatic heterocycles. The highest BCUT2D eigenvalue weighted by molar-refractivity contribution is 7.17. The SMILES string of the molecule is COc1ccccc1CN(C)Cc1nc2scc(-c3ccccc3)c2c(=O)n1CC#N. The number of nitrogens with zero attached hydrogens (tertiary/aromatic N) is 4. The molecule has 6 nitrogen and oxygen atoms in total. The van der Waals surface area contributed by atoms with Gasteiger partial charge in [0.25, 0.3) is 5.56 Å². The Hall–Kier alpha value is -3.47. The Morgan fingerprint density at radius 3 is 2.61 bits per heavy atom. The topological polar surface area (TPSA) is 71.2 Å². The normalized spacial score (nSPS) is 11.0. The molecule has 0 amide bonds. The van der Waals surface area contributed by atoms with Gasteiger partial charge in [-0.15, -0.1) is 11.3 Å². The molecule has 31 heavy (non-hydrogen) atoms. The first kappa shape index (κ1) is 20.8. The van der Waals surface area contributed by atoms with Crippen LogP contribution in [0.15, 0.2) is 64.8 Å². The number of para-hydroxylation sites is 1. The molecule has 4 rings (SSSR count). The Bertz CT molecular complexity index is 1300. The van der Waals surface area contributed by atoms with E-state index in [4.69, 9.17) is 9.72 Å². The third kappa shape index (κ3) is 4.22. The fraction of sp³-hybridized carbons (Fsp3) is 0.208. The maximum absolute atomic E-state index is 13.4. The van der Waals surface area contributed by atoms with Crippen molar-refractivity contribution in [1.82, 2.24) is 14.5 Å². The second-order valence-electron chi connectivity index (χ2n) is 7.26. The summed E-state index contributed by atoms with van der Waals surface area (Å²) in [5.41, 5.74) is 2.70. The van der Waals surface area contributed by atoms with Crippen LogP contribution in [0.25, 0.3) is 21.3 Å². The minimum atomic E-state index is -0.174. The summed E-state index contributed by atoms with van der Waals surface area (Å²) in [6.07, 6.45) is 0. The predicted molar refractivity (Wildman–Crippen MR) is 123 cm³/mol. The molecular weight excluding hydrogens is 408 g/mol. The van der Waals surface area contributed by atoms with Gasteiger partial charge in [0.1, 0.15) is 22.9 Å². The van der Waals surface area contributed by atoms with E-state index < -0.39 is 0 Å². The lowest BCUT2D eigenvalue weighted by atomic mass is 10.1. The van der Waals surface area contributed by atoms with E-state index >= 15 is 0 Å². The second-order valence-corrected chi connectivity index (χ2v) is 8.12. The Morgan fingerprint density at radius 1 is 1.13 bits per heavy atom. The van der Waals surface area contributed by atoms with Crippen molar-refractivity contribution in [1.29, 1.82) is 5.26 Å². The summed E-state index contributed by atoms with van der Waals surface area (Å²) in [5, 5.41) is 11.9. The summed E-state index contributed by atoms with van der Waals surface area (Å²) in [4.78, 5) is 20.9. The monoisotopic (exact) mass is 430 g/mol. The van der Waals surface area contributed by atoms with Crippen LogP contribution in [0.2, 0.25) is 0 Å². The molecule has 0 aliphatic heterocycles. The van der Waals surface area contributed by atoms with Crippen molar-refractivity contribution >= 4 is 21.6 Å². The van der Waals surface area contributed by atoms with Gasteiger partial charge in [0.2, 0.25) is 0 Å². The lowest BCUT2D eigenvalue weighted by molar-refractivity contribution is 0.297. The molecule has 7 heteroatoms. The van der Waals surface area contributed by atoms with E-state index in [2.05, 4.69) is 11.0 Å². The molecular formula is C24H22N4O2S. The highest BCUT2D eigenvalue weighted by atomic mass is 32.1. The zero-order valence-corrected chi connectivity index (χ0v) is 18.2. The van der Waals surface area contributed by atoms with Crippen LogP contribution in [0.1, 0.15) is 11.4 Å². The molecule has 0 fully saturated rings. The van der Waals surface area contributed by atoms with Gasteiger partial charge in [-0.05, 0) is 18.7 Å². The first-order chi connectivity index (χ1) is 15.1. The van der Waals surface area contributed by atoms with Crippen LogP contribution >= 0.6 is 11.3 Å². The summed E-state index contributed by atoms with van der Waals surface area (Å²) < 4.78 is 6.93. The van der Waals surface area contributed by atoms with Gasteiger partial charge in [0, 0.05) is 23.1 Å². The zero-order valence-electron chi connectivity index (χ0n) is 17.4. The number of thiophene rings is 1. The van der Waals surface area contributed by atoms with Crippen LogP contribution in [0.3, 0.4) is 0 Å². The van der Waals surface area contributed by atoms with Crippen LogP contribution in [-0.2, 0) is 19.6 Å². The predicted octanol–water partition coefficient (Wildman–Crippen LogP) is 4.29. The Balaban J connectivity index is 1.72. The Morgan fingerprint density at radius 2 is 1.87 bits per heavy atom. The largest absolute Gasteiger partial charge is 0.496 e. The molecule has 0 saturated carbocycles. The lowest BCUT2D eigenvalue weighted by Crippen LogP contribution is -2.29. The number of aromatic nitrogens is 2. The number of hydrogen-bond acceptors (Lipinski definition) is 6. The van der Waals surface area contributed by atoms with Gasteiger partial charge < -0.3 is 4.74 Å². The van der Waals surface area contributed by atoms with Crippen molar-refractivity contribution in [3.63, 3.8) is 0 Å². The van der Waals surface area contributed by atoms with Gasteiger partial charge >= 0.3 is 0 Å². The smallest absolute Gasteiger partial charge is 0.263 e. The average Bonchev–Trinajstić information content (AvgIpc) is 3.21. The fourth-order valence-electron chi connectivity index (χ4n) is 3.67. The first-order valence-corrected chi connectivity index (χ1v) is 10.7. The average molecular weight is 431 g/mol. The molecule has 0 unspecified atom stereocenters. The third-order valence-corrected chi connectivity index (χ3v) is 6.00. The van der Waals surface area contributed by atoms with Gasteiger partial charge in [-0.1, -0.05) is 48.5 Å². The molecule has 0 spiro atoms. The maximum atomic E-state index is 13.4. The van der Waals surface area contributed by atoms with Crippen LogP contribution in [0.5, 0.6) is 5.75 Å². The van der Waals surface area contributed by atoms with Crippen molar-refractivity contribution in [2.24, 2.45) is 0 Å². The van der Waals surface area contributed by atoms with Gasteiger partial charge in [-0.2, -0.15) is 5.26 Å². The number of benzene rings is 2. The molecule has 0 aliphatic carbocycles. The number of rotatable bonds is 7. The van der Waals surface area contributed by atoms with E-state index in [-0.39, 0.29) is 12.1 Å². The quantitative estimate of drug-likeness (QED) is 0.437. The van der Waals surface area contributed by atoms with E-state index in [0.717, 1.165) is 22.4 Å². The number of ether oxygens (including phenoxy) is 1. The van der Waals surface area contributed by atoms with Crippen molar-refractivity contribution in [2.75, 3.05) is 14.2 Å². The number of fused-ring (bicyclic) bond motifs is 1. The van der Waals surface area contributed by atoms with Gasteiger partial charge in [-0.25, -0.2) is 4.98 Å².